The molecule has 25 heavy (non-hydrogen) atoms. The van der Waals surface area contributed by atoms with Gasteiger partial charge < -0.3 is 10.6 Å². The maximum Gasteiger partial charge on any atom is 0.238 e. The van der Waals surface area contributed by atoms with Gasteiger partial charge >= 0.3 is 0 Å². The molecule has 1 amide bonds. The van der Waals surface area contributed by atoms with Crippen LogP contribution in [0.3, 0.4) is 0 Å². The van der Waals surface area contributed by atoms with Crippen LogP contribution in [-0.4, -0.2) is 47.5 Å². The van der Waals surface area contributed by atoms with Gasteiger partial charge in [-0.2, -0.15) is 0 Å². The van der Waals surface area contributed by atoms with Gasteiger partial charge in [0.1, 0.15) is 0 Å². The van der Waals surface area contributed by atoms with Crippen molar-refractivity contribution in [1.29, 1.82) is 0 Å². The number of carbonyl (C=O) groups is 1. The van der Waals surface area contributed by atoms with Gasteiger partial charge in [0.25, 0.3) is 0 Å². The number of hydrogen-bond donors (Lipinski definition) is 2. The van der Waals surface area contributed by atoms with Crippen LogP contribution in [0, 0.1) is 0 Å². The van der Waals surface area contributed by atoms with E-state index in [0.717, 1.165) is 50.3 Å². The maximum atomic E-state index is 12.2. The van der Waals surface area contributed by atoms with Gasteiger partial charge in [-0.25, -0.2) is 0 Å². The highest BCUT2D eigenvalue weighted by atomic mass is 16.2. The van der Waals surface area contributed by atoms with E-state index in [4.69, 9.17) is 0 Å². The van der Waals surface area contributed by atoms with Crippen molar-refractivity contribution in [1.82, 2.24) is 20.5 Å². The zero-order chi connectivity index (χ0) is 17.1. The van der Waals surface area contributed by atoms with Crippen LogP contribution < -0.4 is 10.6 Å². The molecule has 1 saturated heterocycles. The zero-order valence-electron chi connectivity index (χ0n) is 14.3. The van der Waals surface area contributed by atoms with E-state index in [-0.39, 0.29) is 11.9 Å². The van der Waals surface area contributed by atoms with Crippen LogP contribution in [0.25, 0.3) is 11.3 Å². The summed E-state index contributed by atoms with van der Waals surface area (Å²) in [4.78, 5) is 19.0. The normalized spacial score (nSPS) is 21.0. The summed E-state index contributed by atoms with van der Waals surface area (Å²) in [6, 6.07) is 14.8. The fraction of sp³-hybridized carbons (Fsp3) is 0.400. The lowest BCUT2D eigenvalue weighted by molar-refractivity contribution is -0.124. The first kappa shape index (κ1) is 16.2. The number of rotatable bonds is 5. The molecule has 0 bridgehead atoms. The minimum absolute atomic E-state index is 0.0952. The second kappa shape index (κ2) is 7.33. The highest BCUT2D eigenvalue weighted by molar-refractivity contribution is 5.82. The Kier molecular flexibility index (Phi) is 4.76. The highest BCUT2D eigenvalue weighted by Gasteiger charge is 2.30. The Morgan fingerprint density at radius 3 is 2.76 bits per heavy atom. The molecule has 130 valence electrons. The van der Waals surface area contributed by atoms with Crippen LogP contribution in [0.15, 0.2) is 48.7 Å². The Hall–Kier alpha value is -2.24. The predicted molar refractivity (Wildman–Crippen MR) is 97.9 cm³/mol. The number of piperazine rings is 1. The minimum atomic E-state index is -0.0952. The third kappa shape index (κ3) is 4.24. The molecule has 0 spiro atoms. The van der Waals surface area contributed by atoms with Gasteiger partial charge in [0.05, 0.1) is 11.7 Å². The van der Waals surface area contributed by atoms with Crippen molar-refractivity contribution < 1.29 is 4.79 Å². The van der Waals surface area contributed by atoms with E-state index in [1.807, 2.05) is 24.4 Å². The molecule has 1 aromatic carbocycles. The fourth-order valence-corrected chi connectivity index (χ4v) is 3.23. The first-order valence-corrected chi connectivity index (χ1v) is 9.04. The Labute approximate surface area is 148 Å². The molecule has 5 heteroatoms. The molecule has 0 unspecified atom stereocenters. The third-order valence-corrected chi connectivity index (χ3v) is 4.82. The average Bonchev–Trinajstić information content (AvgIpc) is 3.47. The predicted octanol–water partition coefficient (Wildman–Crippen LogP) is 1.80. The lowest BCUT2D eigenvalue weighted by Gasteiger charge is -2.33. The zero-order valence-corrected chi connectivity index (χ0v) is 14.3. The van der Waals surface area contributed by atoms with Crippen molar-refractivity contribution in [3.05, 3.63) is 54.2 Å². The summed E-state index contributed by atoms with van der Waals surface area (Å²) >= 11 is 0. The van der Waals surface area contributed by atoms with Crippen molar-refractivity contribution in [3.8, 4) is 11.3 Å². The number of hydrogen-bond acceptors (Lipinski definition) is 4. The summed E-state index contributed by atoms with van der Waals surface area (Å²) in [5.74, 6) is 0.151. The van der Waals surface area contributed by atoms with Crippen LogP contribution in [0.2, 0.25) is 0 Å². The molecule has 5 nitrogen and oxygen atoms in total. The summed E-state index contributed by atoms with van der Waals surface area (Å²) < 4.78 is 0. The standard InChI is InChI=1S/C20H24N4O/c25-20(23-17-8-9-17)19-14-24(12-11-22-19)13-15-4-6-16(7-5-15)18-3-1-2-10-21-18/h1-7,10,17,19,22H,8-9,11-14H2,(H,23,25)/t19-/m0/s1. The molecule has 2 aromatic rings. The third-order valence-electron chi connectivity index (χ3n) is 4.82. The van der Waals surface area contributed by atoms with Gasteiger partial charge in [0.2, 0.25) is 5.91 Å². The second-order valence-electron chi connectivity index (χ2n) is 6.94. The second-order valence-corrected chi connectivity index (χ2v) is 6.94. The molecule has 2 N–H and O–H groups in total. The molecule has 1 aliphatic carbocycles. The first-order valence-electron chi connectivity index (χ1n) is 9.04. The summed E-state index contributed by atoms with van der Waals surface area (Å²) in [7, 11) is 0. The average molecular weight is 336 g/mol. The van der Waals surface area contributed by atoms with Gasteiger partial charge in [0, 0.05) is 44.0 Å². The van der Waals surface area contributed by atoms with Crippen molar-refractivity contribution in [3.63, 3.8) is 0 Å². The van der Waals surface area contributed by atoms with Gasteiger partial charge in [-0.15, -0.1) is 0 Å². The van der Waals surface area contributed by atoms with Crippen molar-refractivity contribution in [2.24, 2.45) is 0 Å². The molecule has 0 radical (unpaired) electrons. The number of benzene rings is 1. The molecule has 2 fully saturated rings. The molecule has 1 saturated carbocycles. The van der Waals surface area contributed by atoms with E-state index >= 15 is 0 Å². The first-order chi connectivity index (χ1) is 12.3. The van der Waals surface area contributed by atoms with Gasteiger partial charge in [-0.3, -0.25) is 14.7 Å². The molecule has 1 atom stereocenters. The smallest absolute Gasteiger partial charge is 0.238 e. The number of nitrogens with one attached hydrogen (secondary N) is 2. The van der Waals surface area contributed by atoms with E-state index in [1.54, 1.807) is 0 Å². The van der Waals surface area contributed by atoms with Crippen molar-refractivity contribution >= 4 is 5.91 Å². The van der Waals surface area contributed by atoms with E-state index in [1.165, 1.54) is 5.56 Å². The van der Waals surface area contributed by atoms with Crippen LogP contribution in [0.1, 0.15) is 18.4 Å². The summed E-state index contributed by atoms with van der Waals surface area (Å²) in [6.45, 7) is 3.46. The number of aromatic nitrogens is 1. The number of amides is 1. The summed E-state index contributed by atoms with van der Waals surface area (Å²) in [5, 5.41) is 6.43. The maximum absolute atomic E-state index is 12.2. The van der Waals surface area contributed by atoms with Crippen molar-refractivity contribution in [2.75, 3.05) is 19.6 Å². The van der Waals surface area contributed by atoms with E-state index < -0.39 is 0 Å². The van der Waals surface area contributed by atoms with E-state index in [0.29, 0.717) is 6.04 Å². The number of carbonyl (C=O) groups excluding carboxylic acids is 1. The van der Waals surface area contributed by atoms with E-state index in [2.05, 4.69) is 44.8 Å². The van der Waals surface area contributed by atoms with Gasteiger partial charge in [-0.05, 0) is 30.5 Å². The number of pyridine rings is 1. The largest absolute Gasteiger partial charge is 0.352 e. The molecule has 4 rings (SSSR count). The molecule has 1 aliphatic heterocycles. The summed E-state index contributed by atoms with van der Waals surface area (Å²) in [5.41, 5.74) is 3.39. The van der Waals surface area contributed by atoms with Crippen LogP contribution in [0.5, 0.6) is 0 Å². The topological polar surface area (TPSA) is 57.3 Å². The Morgan fingerprint density at radius 1 is 1.20 bits per heavy atom. The Bertz CT molecular complexity index is 712. The minimum Gasteiger partial charge on any atom is -0.352 e. The molecular formula is C20H24N4O. The highest BCUT2D eigenvalue weighted by Crippen LogP contribution is 2.20. The Balaban J connectivity index is 1.35. The van der Waals surface area contributed by atoms with Gasteiger partial charge in [-0.1, -0.05) is 30.3 Å². The van der Waals surface area contributed by atoms with Crippen LogP contribution in [-0.2, 0) is 11.3 Å². The SMILES string of the molecule is O=C(NC1CC1)[C@@H]1CN(Cc2ccc(-c3ccccn3)cc2)CCN1. The number of nitrogens with zero attached hydrogens (tertiary/aromatic N) is 2. The van der Waals surface area contributed by atoms with Crippen LogP contribution >= 0.6 is 0 Å². The van der Waals surface area contributed by atoms with Gasteiger partial charge in [0.15, 0.2) is 0 Å². The molecule has 2 heterocycles. The van der Waals surface area contributed by atoms with Crippen molar-refractivity contribution in [2.45, 2.75) is 31.5 Å². The fourth-order valence-electron chi connectivity index (χ4n) is 3.23. The quantitative estimate of drug-likeness (QED) is 0.874. The van der Waals surface area contributed by atoms with E-state index in [9.17, 15) is 4.79 Å². The summed E-state index contributed by atoms with van der Waals surface area (Å²) in [6.07, 6.45) is 4.08. The molecule has 1 aromatic heterocycles. The lowest BCUT2D eigenvalue weighted by Crippen LogP contribution is -2.57. The lowest BCUT2D eigenvalue weighted by atomic mass is 10.1. The molecule has 2 aliphatic rings. The molecular weight excluding hydrogens is 312 g/mol. The monoisotopic (exact) mass is 336 g/mol. The van der Waals surface area contributed by atoms with Crippen LogP contribution in [0.4, 0.5) is 0 Å². The Morgan fingerprint density at radius 2 is 2.04 bits per heavy atom.